The van der Waals surface area contributed by atoms with Crippen LogP contribution in [0.2, 0.25) is 0 Å². The fourth-order valence-corrected chi connectivity index (χ4v) is 3.58. The SMILES string of the molecule is CC1(C)OB(C(=Cc2cc3ccccc3c3ccccc23)CO)OC1(C)C. The molecule has 1 N–H and O–H groups in total. The van der Waals surface area contributed by atoms with Gasteiger partial charge in [0.25, 0.3) is 0 Å². The van der Waals surface area contributed by atoms with Gasteiger partial charge in [-0.2, -0.15) is 0 Å². The predicted molar refractivity (Wildman–Crippen MR) is 113 cm³/mol. The molecule has 3 aromatic carbocycles. The third-order valence-corrected chi connectivity index (χ3v) is 5.88. The van der Waals surface area contributed by atoms with Gasteiger partial charge in [0.05, 0.1) is 17.8 Å². The number of rotatable bonds is 3. The van der Waals surface area contributed by atoms with Crippen LogP contribution in [-0.4, -0.2) is 30.0 Å². The van der Waals surface area contributed by atoms with Crippen LogP contribution in [0.3, 0.4) is 0 Å². The smallest absolute Gasteiger partial charge is 0.400 e. The van der Waals surface area contributed by atoms with Crippen LogP contribution in [0.4, 0.5) is 0 Å². The summed E-state index contributed by atoms with van der Waals surface area (Å²) < 4.78 is 12.3. The van der Waals surface area contributed by atoms with Crippen molar-refractivity contribution in [1.82, 2.24) is 0 Å². The van der Waals surface area contributed by atoms with Gasteiger partial charge in [0, 0.05) is 0 Å². The number of benzene rings is 3. The van der Waals surface area contributed by atoms with Crippen LogP contribution in [0.1, 0.15) is 33.3 Å². The van der Waals surface area contributed by atoms with Crippen molar-refractivity contribution in [2.45, 2.75) is 38.9 Å². The van der Waals surface area contributed by atoms with E-state index in [4.69, 9.17) is 9.31 Å². The minimum Gasteiger partial charge on any atom is -0.400 e. The van der Waals surface area contributed by atoms with Crippen LogP contribution in [0.15, 0.2) is 60.1 Å². The van der Waals surface area contributed by atoms with E-state index in [0.29, 0.717) is 0 Å². The van der Waals surface area contributed by atoms with Crippen LogP contribution in [0.5, 0.6) is 0 Å². The van der Waals surface area contributed by atoms with E-state index in [-0.39, 0.29) is 6.61 Å². The molecule has 0 aromatic heterocycles. The van der Waals surface area contributed by atoms with Crippen molar-refractivity contribution in [2.24, 2.45) is 0 Å². The zero-order valence-electron chi connectivity index (χ0n) is 16.3. The molecule has 0 amide bonds. The van der Waals surface area contributed by atoms with Gasteiger partial charge < -0.3 is 14.4 Å². The first kappa shape index (κ1) is 18.2. The van der Waals surface area contributed by atoms with Gasteiger partial charge in [0.2, 0.25) is 0 Å². The van der Waals surface area contributed by atoms with E-state index in [9.17, 15) is 5.11 Å². The second-order valence-corrected chi connectivity index (χ2v) is 8.20. The van der Waals surface area contributed by atoms with Crippen molar-refractivity contribution >= 4 is 34.7 Å². The average molecular weight is 360 g/mol. The molecule has 138 valence electrons. The lowest BCUT2D eigenvalue weighted by molar-refractivity contribution is 0.00578. The summed E-state index contributed by atoms with van der Waals surface area (Å²) in [6, 6.07) is 18.9. The predicted octanol–water partition coefficient (Wildman–Crippen LogP) is 5.00. The van der Waals surface area contributed by atoms with Gasteiger partial charge in [-0.3, -0.25) is 0 Å². The minimum atomic E-state index is -0.551. The Kier molecular flexibility index (Phi) is 4.38. The Bertz CT molecular complexity index is 1020. The summed E-state index contributed by atoms with van der Waals surface area (Å²) in [6.07, 6.45) is 2.01. The van der Waals surface area contributed by atoms with Gasteiger partial charge in [-0.1, -0.05) is 54.6 Å². The molecule has 0 saturated carbocycles. The van der Waals surface area contributed by atoms with E-state index in [2.05, 4.69) is 42.5 Å². The maximum absolute atomic E-state index is 10.0. The molecule has 4 heteroatoms. The number of aliphatic hydroxyl groups is 1. The monoisotopic (exact) mass is 360 g/mol. The molecule has 0 bridgehead atoms. The zero-order valence-corrected chi connectivity index (χ0v) is 16.3. The van der Waals surface area contributed by atoms with E-state index in [1.165, 1.54) is 16.2 Å². The highest BCUT2D eigenvalue weighted by molar-refractivity contribution is 6.56. The molecular weight excluding hydrogens is 335 g/mol. The molecule has 1 aliphatic heterocycles. The molecule has 1 aliphatic rings. The summed E-state index contributed by atoms with van der Waals surface area (Å²) in [7, 11) is -0.551. The molecule has 0 spiro atoms. The first-order valence-electron chi connectivity index (χ1n) is 9.40. The Morgan fingerprint density at radius 1 is 0.889 bits per heavy atom. The van der Waals surface area contributed by atoms with Crippen molar-refractivity contribution < 1.29 is 14.4 Å². The quantitative estimate of drug-likeness (QED) is 0.528. The topological polar surface area (TPSA) is 38.7 Å². The summed E-state index contributed by atoms with van der Waals surface area (Å²) in [5, 5.41) is 14.8. The molecule has 0 aliphatic carbocycles. The Balaban J connectivity index is 1.85. The third kappa shape index (κ3) is 3.08. The molecule has 1 saturated heterocycles. The number of aliphatic hydroxyl groups excluding tert-OH is 1. The zero-order chi connectivity index (χ0) is 19.2. The van der Waals surface area contributed by atoms with Crippen molar-refractivity contribution in [2.75, 3.05) is 6.61 Å². The largest absolute Gasteiger partial charge is 0.492 e. The van der Waals surface area contributed by atoms with Gasteiger partial charge in [-0.25, -0.2) is 0 Å². The van der Waals surface area contributed by atoms with Gasteiger partial charge in [-0.05, 0) is 66.3 Å². The molecule has 1 fully saturated rings. The highest BCUT2D eigenvalue weighted by Crippen LogP contribution is 2.39. The van der Waals surface area contributed by atoms with Crippen LogP contribution < -0.4 is 0 Å². The Hall–Kier alpha value is -2.14. The molecule has 0 atom stereocenters. The van der Waals surface area contributed by atoms with Gasteiger partial charge in [-0.15, -0.1) is 0 Å². The van der Waals surface area contributed by atoms with Gasteiger partial charge in [0.1, 0.15) is 0 Å². The van der Waals surface area contributed by atoms with E-state index in [1.54, 1.807) is 0 Å². The van der Waals surface area contributed by atoms with Crippen molar-refractivity contribution in [3.8, 4) is 0 Å². The van der Waals surface area contributed by atoms with E-state index < -0.39 is 18.3 Å². The summed E-state index contributed by atoms with van der Waals surface area (Å²) in [5.74, 6) is 0. The Morgan fingerprint density at radius 3 is 2.07 bits per heavy atom. The molecular formula is C23H25BO3. The lowest BCUT2D eigenvalue weighted by atomic mass is 9.77. The maximum Gasteiger partial charge on any atom is 0.492 e. The Morgan fingerprint density at radius 2 is 1.44 bits per heavy atom. The third-order valence-electron chi connectivity index (χ3n) is 5.88. The maximum atomic E-state index is 10.0. The molecule has 1 heterocycles. The lowest BCUT2D eigenvalue weighted by Gasteiger charge is -2.32. The highest BCUT2D eigenvalue weighted by atomic mass is 16.7. The molecule has 0 unspecified atom stereocenters. The van der Waals surface area contributed by atoms with E-state index in [0.717, 1.165) is 16.4 Å². The van der Waals surface area contributed by atoms with E-state index in [1.807, 2.05) is 45.9 Å². The summed E-state index contributed by atoms with van der Waals surface area (Å²) >= 11 is 0. The van der Waals surface area contributed by atoms with Crippen LogP contribution in [0, 0.1) is 0 Å². The van der Waals surface area contributed by atoms with Crippen LogP contribution >= 0.6 is 0 Å². The second-order valence-electron chi connectivity index (χ2n) is 8.20. The van der Waals surface area contributed by atoms with E-state index >= 15 is 0 Å². The molecule has 3 aromatic rings. The molecule has 0 radical (unpaired) electrons. The number of hydrogen-bond donors (Lipinski definition) is 1. The highest BCUT2D eigenvalue weighted by Gasteiger charge is 2.52. The number of hydrogen-bond acceptors (Lipinski definition) is 3. The molecule has 3 nitrogen and oxygen atoms in total. The summed E-state index contributed by atoms with van der Waals surface area (Å²) in [4.78, 5) is 0. The van der Waals surface area contributed by atoms with Crippen molar-refractivity contribution in [3.63, 3.8) is 0 Å². The van der Waals surface area contributed by atoms with Crippen molar-refractivity contribution in [1.29, 1.82) is 0 Å². The first-order chi connectivity index (χ1) is 12.8. The Labute approximate surface area is 160 Å². The van der Waals surface area contributed by atoms with Crippen LogP contribution in [-0.2, 0) is 9.31 Å². The summed E-state index contributed by atoms with van der Waals surface area (Å²) in [5.41, 5.74) is 0.923. The minimum absolute atomic E-state index is 0.113. The number of fused-ring (bicyclic) bond motifs is 3. The van der Waals surface area contributed by atoms with Crippen molar-refractivity contribution in [3.05, 3.63) is 65.6 Å². The van der Waals surface area contributed by atoms with Crippen LogP contribution in [0.25, 0.3) is 27.6 Å². The first-order valence-corrected chi connectivity index (χ1v) is 9.40. The second kappa shape index (κ2) is 6.48. The molecule has 4 rings (SSSR count). The fraction of sp³-hybridized carbons (Fsp3) is 0.304. The molecule has 27 heavy (non-hydrogen) atoms. The average Bonchev–Trinajstić information content (AvgIpc) is 2.87. The lowest BCUT2D eigenvalue weighted by Crippen LogP contribution is -2.41. The van der Waals surface area contributed by atoms with Gasteiger partial charge >= 0.3 is 7.12 Å². The normalized spacial score (nSPS) is 19.1. The fourth-order valence-electron chi connectivity index (χ4n) is 3.58. The standard InChI is InChI=1S/C23H25BO3/c1-22(2)23(3,4)27-24(26-22)18(15-25)14-17-13-16-9-5-6-10-19(16)21-12-8-7-11-20(17)21/h5-14,25H,15H2,1-4H3. The van der Waals surface area contributed by atoms with Gasteiger partial charge in [0.15, 0.2) is 0 Å². The summed E-state index contributed by atoms with van der Waals surface area (Å²) in [6.45, 7) is 7.97.